The van der Waals surface area contributed by atoms with Gasteiger partial charge in [-0.05, 0) is 43.0 Å². The number of hydrogen-bond donors (Lipinski definition) is 2. The van der Waals surface area contributed by atoms with Crippen LogP contribution in [-0.2, 0) is 33.4 Å². The smallest absolute Gasteiger partial charge is 0.235 e. The van der Waals surface area contributed by atoms with E-state index in [1.54, 1.807) is 18.3 Å². The van der Waals surface area contributed by atoms with Crippen LogP contribution in [-0.4, -0.2) is 79.7 Å². The number of aliphatic hydroxyl groups is 1. The van der Waals surface area contributed by atoms with E-state index in [1.165, 1.54) is 17.9 Å². The van der Waals surface area contributed by atoms with Crippen molar-refractivity contribution in [2.45, 2.75) is 18.7 Å². The number of aliphatic hydroxyl groups excluding tert-OH is 1. The number of sulfone groups is 1. The number of hydrogen-bond acceptors (Lipinski definition) is 8. The Morgan fingerprint density at radius 1 is 1.28 bits per heavy atom. The molecule has 0 radical (unpaired) electrons. The van der Waals surface area contributed by atoms with E-state index in [-0.39, 0.29) is 23.8 Å². The number of piperazine rings is 1. The Kier molecular flexibility index (Phi) is 8.43. The lowest BCUT2D eigenvalue weighted by atomic mass is 10.1. The molecule has 0 aliphatic carbocycles. The minimum Gasteiger partial charge on any atom is -0.511 e. The fourth-order valence-corrected chi connectivity index (χ4v) is 4.60. The van der Waals surface area contributed by atoms with Crippen LogP contribution in [0, 0.1) is 0 Å². The highest BCUT2D eigenvalue weighted by Crippen LogP contribution is 2.10. The van der Waals surface area contributed by atoms with Gasteiger partial charge >= 0.3 is 0 Å². The summed E-state index contributed by atoms with van der Waals surface area (Å²) < 4.78 is 29.1. The van der Waals surface area contributed by atoms with E-state index in [4.69, 9.17) is 4.42 Å². The quantitative estimate of drug-likeness (QED) is 0.505. The topological polar surface area (TPSA) is 116 Å². The second kappa shape index (κ2) is 11.3. The SMILES string of the molecule is CN1CCN(Cc2ccnc(CC=C(O)CNC(=O)CS(=O)(=O)Cc3ccco3)c2)CC1. The molecular formula is C22H30N4O5S. The molecule has 0 aromatic carbocycles. The molecule has 10 heteroatoms. The normalized spacial score (nSPS) is 16.2. The molecule has 2 aromatic heterocycles. The maximum atomic E-state index is 12.0. The van der Waals surface area contributed by atoms with Crippen molar-refractivity contribution >= 4 is 15.7 Å². The molecule has 3 rings (SSSR count). The molecule has 1 saturated heterocycles. The van der Waals surface area contributed by atoms with Crippen LogP contribution in [0.15, 0.2) is 53.0 Å². The van der Waals surface area contributed by atoms with Gasteiger partial charge in [-0.25, -0.2) is 8.42 Å². The molecule has 9 nitrogen and oxygen atoms in total. The van der Waals surface area contributed by atoms with Crippen molar-refractivity contribution in [3.8, 4) is 0 Å². The number of amides is 1. The average Bonchev–Trinajstić information content (AvgIpc) is 3.24. The van der Waals surface area contributed by atoms with Gasteiger partial charge in [0.15, 0.2) is 9.84 Å². The predicted molar refractivity (Wildman–Crippen MR) is 121 cm³/mol. The lowest BCUT2D eigenvalue weighted by Gasteiger charge is -2.32. The van der Waals surface area contributed by atoms with Gasteiger partial charge in [0.2, 0.25) is 5.91 Å². The predicted octanol–water partition coefficient (Wildman–Crippen LogP) is 1.14. The van der Waals surface area contributed by atoms with E-state index in [9.17, 15) is 18.3 Å². The second-order valence-electron chi connectivity index (χ2n) is 8.02. The maximum Gasteiger partial charge on any atom is 0.235 e. The van der Waals surface area contributed by atoms with Gasteiger partial charge in [-0.3, -0.25) is 14.7 Å². The number of aromatic nitrogens is 1. The summed E-state index contributed by atoms with van der Waals surface area (Å²) >= 11 is 0. The molecule has 0 saturated carbocycles. The number of rotatable bonds is 10. The fraction of sp³-hybridized carbons (Fsp3) is 0.455. The highest BCUT2D eigenvalue weighted by Gasteiger charge is 2.19. The van der Waals surface area contributed by atoms with Crippen molar-refractivity contribution < 1.29 is 22.7 Å². The largest absolute Gasteiger partial charge is 0.511 e. The second-order valence-corrected chi connectivity index (χ2v) is 10.1. The molecule has 0 atom stereocenters. The van der Waals surface area contributed by atoms with Crippen LogP contribution in [0.4, 0.5) is 0 Å². The lowest BCUT2D eigenvalue weighted by molar-refractivity contribution is -0.118. The number of furan rings is 1. The Morgan fingerprint density at radius 3 is 2.78 bits per heavy atom. The monoisotopic (exact) mass is 462 g/mol. The molecule has 1 fully saturated rings. The first kappa shape index (κ1) is 24.0. The van der Waals surface area contributed by atoms with Gasteiger partial charge in [-0.1, -0.05) is 0 Å². The van der Waals surface area contributed by atoms with Crippen molar-refractivity contribution in [1.82, 2.24) is 20.1 Å². The number of carbonyl (C=O) groups is 1. The summed E-state index contributed by atoms with van der Waals surface area (Å²) in [6, 6.07) is 7.14. The third kappa shape index (κ3) is 8.10. The minimum absolute atomic E-state index is 0.0481. The van der Waals surface area contributed by atoms with Crippen LogP contribution in [0.25, 0.3) is 0 Å². The Morgan fingerprint density at radius 2 is 2.06 bits per heavy atom. The number of allylic oxidation sites excluding steroid dienone is 1. The van der Waals surface area contributed by atoms with E-state index >= 15 is 0 Å². The van der Waals surface area contributed by atoms with Crippen molar-refractivity contribution in [2.24, 2.45) is 0 Å². The first-order valence-electron chi connectivity index (χ1n) is 10.5. The summed E-state index contributed by atoms with van der Waals surface area (Å²) in [7, 11) is -1.52. The number of likely N-dealkylation sites (N-methyl/N-ethyl adjacent to an activating group) is 1. The molecule has 1 amide bonds. The van der Waals surface area contributed by atoms with Crippen LogP contribution in [0.1, 0.15) is 17.0 Å². The Labute approximate surface area is 188 Å². The zero-order valence-electron chi connectivity index (χ0n) is 18.2. The summed E-state index contributed by atoms with van der Waals surface area (Å²) in [6.07, 6.45) is 5.12. The van der Waals surface area contributed by atoms with E-state index in [0.717, 1.165) is 38.4 Å². The minimum atomic E-state index is -3.65. The van der Waals surface area contributed by atoms with E-state index in [1.807, 2.05) is 12.1 Å². The molecule has 0 spiro atoms. The summed E-state index contributed by atoms with van der Waals surface area (Å²) in [5.74, 6) is -1.46. The highest BCUT2D eigenvalue weighted by molar-refractivity contribution is 7.91. The van der Waals surface area contributed by atoms with Crippen molar-refractivity contribution in [3.63, 3.8) is 0 Å². The van der Waals surface area contributed by atoms with Gasteiger partial charge in [-0.2, -0.15) is 0 Å². The zero-order valence-corrected chi connectivity index (χ0v) is 19.1. The van der Waals surface area contributed by atoms with Crippen LogP contribution in [0.5, 0.6) is 0 Å². The molecule has 2 aromatic rings. The molecule has 2 N–H and O–H groups in total. The van der Waals surface area contributed by atoms with E-state index in [2.05, 4.69) is 27.1 Å². The molecule has 1 aliphatic rings. The summed E-state index contributed by atoms with van der Waals surface area (Å²) in [5, 5.41) is 12.5. The van der Waals surface area contributed by atoms with Crippen LogP contribution >= 0.6 is 0 Å². The standard InChI is InChI=1S/C22H30N4O5S/c1-25-8-10-26(11-9-25)15-18-6-7-23-19(13-18)4-5-20(27)14-24-22(28)17-32(29,30)16-21-3-2-12-31-21/h2-3,5-7,12-13,27H,4,8-11,14-17H2,1H3,(H,24,28). The molecule has 3 heterocycles. The number of pyridine rings is 1. The average molecular weight is 463 g/mol. The molecule has 0 bridgehead atoms. The number of carbonyl (C=O) groups excluding carboxylic acids is 1. The Bertz CT molecular complexity index is 1010. The maximum absolute atomic E-state index is 12.0. The van der Waals surface area contributed by atoms with Gasteiger partial charge in [-0.15, -0.1) is 0 Å². The van der Waals surface area contributed by atoms with Crippen LogP contribution in [0.2, 0.25) is 0 Å². The fourth-order valence-electron chi connectivity index (χ4n) is 3.40. The summed E-state index contributed by atoms with van der Waals surface area (Å²) in [4.78, 5) is 21.0. The highest BCUT2D eigenvalue weighted by atomic mass is 32.2. The van der Waals surface area contributed by atoms with E-state index < -0.39 is 21.5 Å². The first-order chi connectivity index (χ1) is 15.3. The van der Waals surface area contributed by atoms with Gasteiger partial charge in [0, 0.05) is 51.0 Å². The van der Waals surface area contributed by atoms with Gasteiger partial charge in [0.25, 0.3) is 0 Å². The Balaban J connectivity index is 1.43. The summed E-state index contributed by atoms with van der Waals surface area (Å²) in [6.45, 7) is 4.91. The van der Waals surface area contributed by atoms with Gasteiger partial charge < -0.3 is 19.7 Å². The molecule has 0 unspecified atom stereocenters. The van der Waals surface area contributed by atoms with Crippen molar-refractivity contribution in [3.05, 3.63) is 65.6 Å². The molecular weight excluding hydrogens is 432 g/mol. The third-order valence-electron chi connectivity index (χ3n) is 5.19. The first-order valence-corrected chi connectivity index (χ1v) is 12.3. The van der Waals surface area contributed by atoms with Crippen molar-refractivity contribution in [1.29, 1.82) is 0 Å². The zero-order chi connectivity index (χ0) is 23.0. The number of nitrogens with one attached hydrogen (secondary N) is 1. The molecule has 1 aliphatic heterocycles. The molecule has 32 heavy (non-hydrogen) atoms. The molecule has 174 valence electrons. The third-order valence-corrected chi connectivity index (χ3v) is 6.62. The van der Waals surface area contributed by atoms with Gasteiger partial charge in [0.05, 0.1) is 12.8 Å². The van der Waals surface area contributed by atoms with Crippen LogP contribution < -0.4 is 5.32 Å². The number of nitrogens with zero attached hydrogens (tertiary/aromatic N) is 3. The lowest BCUT2D eigenvalue weighted by Crippen LogP contribution is -2.43. The Hall–Kier alpha value is -2.69. The van der Waals surface area contributed by atoms with Crippen molar-refractivity contribution in [2.75, 3.05) is 45.5 Å². The summed E-state index contributed by atoms with van der Waals surface area (Å²) in [5.41, 5.74) is 1.98. The van der Waals surface area contributed by atoms with E-state index in [0.29, 0.717) is 6.42 Å². The van der Waals surface area contributed by atoms with Crippen LogP contribution in [0.3, 0.4) is 0 Å². The van der Waals surface area contributed by atoms with Gasteiger partial charge in [0.1, 0.15) is 23.0 Å².